The maximum Gasteiger partial charge on any atom is 0.111 e. The average molecular weight is 213 g/mol. The lowest BCUT2D eigenvalue weighted by Gasteiger charge is -2.31. The van der Waals surface area contributed by atoms with Crippen molar-refractivity contribution in [1.29, 1.82) is 0 Å². The molecule has 0 N–H and O–H groups in total. The number of hydrogen-bond donors (Lipinski definition) is 0. The van der Waals surface area contributed by atoms with Crippen molar-refractivity contribution in [3.05, 3.63) is 18.2 Å². The zero-order valence-corrected chi connectivity index (χ0v) is 9.54. The Bertz CT molecular complexity index is 308. The molecule has 1 aliphatic carbocycles. The normalized spacial score (nSPS) is 33.2. The molecule has 2 rings (SSSR count). The van der Waals surface area contributed by atoms with E-state index in [2.05, 4.69) is 23.5 Å². The predicted molar refractivity (Wildman–Crippen MR) is 58.6 cm³/mol. The molecule has 1 aliphatic rings. The minimum atomic E-state index is 0.341. The number of hydrogen-bond acceptors (Lipinski definition) is 1. The van der Waals surface area contributed by atoms with Crippen LogP contribution in [-0.2, 0) is 7.05 Å². The van der Waals surface area contributed by atoms with Crippen molar-refractivity contribution in [2.45, 2.75) is 37.5 Å². The van der Waals surface area contributed by atoms with Gasteiger partial charge in [0.2, 0.25) is 0 Å². The number of alkyl halides is 1. The predicted octanol–water partition coefficient (Wildman–Crippen LogP) is 2.93. The van der Waals surface area contributed by atoms with Crippen LogP contribution >= 0.6 is 11.6 Å². The highest BCUT2D eigenvalue weighted by Crippen LogP contribution is 2.38. The lowest BCUT2D eigenvalue weighted by Crippen LogP contribution is -2.23. The molecule has 2 nitrogen and oxygen atoms in total. The van der Waals surface area contributed by atoms with Crippen LogP contribution in [0.1, 0.15) is 37.9 Å². The van der Waals surface area contributed by atoms with Gasteiger partial charge in [-0.05, 0) is 25.2 Å². The molecule has 0 bridgehead atoms. The summed E-state index contributed by atoms with van der Waals surface area (Å²) in [5.41, 5.74) is 0. The molecular formula is C11H17ClN2. The second kappa shape index (κ2) is 3.93. The highest BCUT2D eigenvalue weighted by atomic mass is 35.5. The molecule has 0 aromatic carbocycles. The maximum absolute atomic E-state index is 6.21. The lowest BCUT2D eigenvalue weighted by atomic mass is 9.79. The molecular weight excluding hydrogens is 196 g/mol. The first-order valence-electron chi connectivity index (χ1n) is 5.29. The molecule has 0 amide bonds. The molecule has 0 radical (unpaired) electrons. The minimum absolute atomic E-state index is 0.341. The smallest absolute Gasteiger partial charge is 0.111 e. The monoisotopic (exact) mass is 212 g/mol. The van der Waals surface area contributed by atoms with Gasteiger partial charge in [-0.15, -0.1) is 11.6 Å². The Morgan fingerprint density at radius 3 is 2.93 bits per heavy atom. The van der Waals surface area contributed by atoms with Crippen molar-refractivity contribution in [2.24, 2.45) is 13.0 Å². The SMILES string of the molecule is CC1CCC(Cl)CC1c1nccn1C. The van der Waals surface area contributed by atoms with E-state index in [1.165, 1.54) is 12.2 Å². The van der Waals surface area contributed by atoms with Crippen LogP contribution in [0.5, 0.6) is 0 Å². The summed E-state index contributed by atoms with van der Waals surface area (Å²) in [6.07, 6.45) is 7.35. The Balaban J connectivity index is 2.20. The average Bonchev–Trinajstić information content (AvgIpc) is 2.56. The summed E-state index contributed by atoms with van der Waals surface area (Å²) in [4.78, 5) is 4.43. The van der Waals surface area contributed by atoms with Crippen molar-refractivity contribution in [2.75, 3.05) is 0 Å². The molecule has 3 atom stereocenters. The van der Waals surface area contributed by atoms with Crippen molar-refractivity contribution < 1.29 is 0 Å². The zero-order valence-electron chi connectivity index (χ0n) is 8.78. The third kappa shape index (κ3) is 1.81. The van der Waals surface area contributed by atoms with Crippen LogP contribution in [0.3, 0.4) is 0 Å². The fourth-order valence-electron chi connectivity index (χ4n) is 2.36. The van der Waals surface area contributed by atoms with E-state index in [4.69, 9.17) is 11.6 Å². The molecule has 1 fully saturated rings. The molecule has 0 saturated heterocycles. The topological polar surface area (TPSA) is 17.8 Å². The Hall–Kier alpha value is -0.500. The largest absolute Gasteiger partial charge is 0.338 e. The van der Waals surface area contributed by atoms with Crippen LogP contribution in [0, 0.1) is 5.92 Å². The van der Waals surface area contributed by atoms with E-state index in [1.807, 2.05) is 12.4 Å². The standard InChI is InChI=1S/C11H17ClN2/c1-8-3-4-9(12)7-10(8)11-13-5-6-14(11)2/h5-6,8-10H,3-4,7H2,1-2H3. The van der Waals surface area contributed by atoms with Crippen LogP contribution in [0.2, 0.25) is 0 Å². The highest BCUT2D eigenvalue weighted by molar-refractivity contribution is 6.20. The van der Waals surface area contributed by atoms with Crippen molar-refractivity contribution in [3.63, 3.8) is 0 Å². The van der Waals surface area contributed by atoms with Gasteiger partial charge in [-0.2, -0.15) is 0 Å². The molecule has 14 heavy (non-hydrogen) atoms. The van der Waals surface area contributed by atoms with Crippen molar-refractivity contribution in [3.8, 4) is 0 Å². The molecule has 1 saturated carbocycles. The fourth-order valence-corrected chi connectivity index (χ4v) is 2.68. The molecule has 1 aromatic heterocycles. The maximum atomic E-state index is 6.21. The van der Waals surface area contributed by atoms with E-state index in [9.17, 15) is 0 Å². The van der Waals surface area contributed by atoms with Gasteiger partial charge in [0, 0.05) is 30.7 Å². The Kier molecular flexibility index (Phi) is 2.82. The first-order chi connectivity index (χ1) is 6.68. The molecule has 3 unspecified atom stereocenters. The number of rotatable bonds is 1. The number of halogens is 1. The van der Waals surface area contributed by atoms with E-state index >= 15 is 0 Å². The summed E-state index contributed by atoms with van der Waals surface area (Å²) in [6, 6.07) is 0. The summed E-state index contributed by atoms with van der Waals surface area (Å²) in [5, 5.41) is 0.341. The summed E-state index contributed by atoms with van der Waals surface area (Å²) in [5.74, 6) is 2.46. The number of imidazole rings is 1. The second-order valence-corrected chi connectivity index (χ2v) is 5.01. The van der Waals surface area contributed by atoms with Gasteiger partial charge in [0.1, 0.15) is 5.82 Å². The fraction of sp³-hybridized carbons (Fsp3) is 0.727. The number of aryl methyl sites for hydroxylation is 1. The molecule has 0 spiro atoms. The quantitative estimate of drug-likeness (QED) is 0.655. The van der Waals surface area contributed by atoms with E-state index in [0.717, 1.165) is 12.8 Å². The van der Waals surface area contributed by atoms with Crippen molar-refractivity contribution >= 4 is 11.6 Å². The number of aromatic nitrogens is 2. The highest BCUT2D eigenvalue weighted by Gasteiger charge is 2.29. The van der Waals surface area contributed by atoms with Gasteiger partial charge in [0.15, 0.2) is 0 Å². The summed E-state index contributed by atoms with van der Waals surface area (Å²) >= 11 is 6.21. The Morgan fingerprint density at radius 1 is 1.50 bits per heavy atom. The molecule has 1 heterocycles. The molecule has 3 heteroatoms. The zero-order chi connectivity index (χ0) is 10.1. The molecule has 1 aromatic rings. The summed E-state index contributed by atoms with van der Waals surface area (Å²) in [7, 11) is 2.06. The van der Waals surface area contributed by atoms with Gasteiger partial charge in [0.25, 0.3) is 0 Å². The lowest BCUT2D eigenvalue weighted by molar-refractivity contribution is 0.319. The van der Waals surface area contributed by atoms with Gasteiger partial charge in [-0.3, -0.25) is 0 Å². The van der Waals surface area contributed by atoms with Gasteiger partial charge < -0.3 is 4.57 Å². The summed E-state index contributed by atoms with van der Waals surface area (Å²) < 4.78 is 2.12. The van der Waals surface area contributed by atoms with Crippen LogP contribution in [0.4, 0.5) is 0 Å². The van der Waals surface area contributed by atoms with Crippen LogP contribution in [-0.4, -0.2) is 14.9 Å². The second-order valence-electron chi connectivity index (χ2n) is 4.39. The van der Waals surface area contributed by atoms with Gasteiger partial charge in [-0.25, -0.2) is 4.98 Å². The summed E-state index contributed by atoms with van der Waals surface area (Å²) in [6.45, 7) is 2.31. The molecule has 78 valence electrons. The van der Waals surface area contributed by atoms with Crippen LogP contribution in [0.15, 0.2) is 12.4 Å². The van der Waals surface area contributed by atoms with Crippen molar-refractivity contribution in [1.82, 2.24) is 9.55 Å². The van der Waals surface area contributed by atoms with E-state index in [-0.39, 0.29) is 0 Å². The Labute approximate surface area is 90.3 Å². The van der Waals surface area contributed by atoms with E-state index in [0.29, 0.717) is 17.2 Å². The van der Waals surface area contributed by atoms with Crippen LogP contribution in [0.25, 0.3) is 0 Å². The van der Waals surface area contributed by atoms with Gasteiger partial charge in [-0.1, -0.05) is 6.92 Å². The first-order valence-corrected chi connectivity index (χ1v) is 5.73. The Morgan fingerprint density at radius 2 is 2.29 bits per heavy atom. The van der Waals surface area contributed by atoms with Gasteiger partial charge >= 0.3 is 0 Å². The van der Waals surface area contributed by atoms with Gasteiger partial charge in [0.05, 0.1) is 0 Å². The van der Waals surface area contributed by atoms with E-state index < -0.39 is 0 Å². The van der Waals surface area contributed by atoms with Crippen LogP contribution < -0.4 is 0 Å². The third-order valence-corrected chi connectivity index (χ3v) is 3.72. The number of nitrogens with zero attached hydrogens (tertiary/aromatic N) is 2. The third-order valence-electron chi connectivity index (χ3n) is 3.32. The van der Waals surface area contributed by atoms with E-state index in [1.54, 1.807) is 0 Å². The minimum Gasteiger partial charge on any atom is -0.338 e. The molecule has 0 aliphatic heterocycles. The first kappa shape index (κ1) is 10.0.